The van der Waals surface area contributed by atoms with Crippen molar-refractivity contribution in [1.29, 1.82) is 0 Å². The third-order valence-electron chi connectivity index (χ3n) is 2.90. The van der Waals surface area contributed by atoms with Crippen molar-refractivity contribution in [3.8, 4) is 0 Å². The summed E-state index contributed by atoms with van der Waals surface area (Å²) in [5.74, 6) is 5.56. The first-order valence-corrected chi connectivity index (χ1v) is 6.16. The van der Waals surface area contributed by atoms with E-state index in [4.69, 9.17) is 10.4 Å². The number of fused-ring (bicyclic) bond motifs is 1. The van der Waals surface area contributed by atoms with Crippen molar-refractivity contribution < 1.29 is 13.0 Å². The molecular weight excluding hydrogens is 232 g/mol. The lowest BCUT2D eigenvalue weighted by Crippen LogP contribution is -2.54. The van der Waals surface area contributed by atoms with E-state index < -0.39 is 14.9 Å². The molecule has 0 radical (unpaired) electrons. The third-order valence-corrected chi connectivity index (χ3v) is 3.75. The van der Waals surface area contributed by atoms with Gasteiger partial charge in [-0.15, -0.1) is 0 Å². The van der Waals surface area contributed by atoms with Gasteiger partial charge in [0.2, 0.25) is 0 Å². The Kier molecular flexibility index (Phi) is 2.34. The van der Waals surface area contributed by atoms with E-state index in [1.54, 1.807) is 6.92 Å². The first kappa shape index (κ1) is 11.5. The van der Waals surface area contributed by atoms with E-state index >= 15 is 0 Å². The smallest absolute Gasteiger partial charge is 0.294 e. The zero-order valence-corrected chi connectivity index (χ0v) is 9.44. The Morgan fingerprint density at radius 3 is 2.75 bits per heavy atom. The van der Waals surface area contributed by atoms with Crippen LogP contribution in [0.5, 0.6) is 0 Å². The van der Waals surface area contributed by atoms with Crippen molar-refractivity contribution in [2.75, 3.05) is 0 Å². The molecular formula is C9H12N2O4S. The van der Waals surface area contributed by atoms with Crippen molar-refractivity contribution in [1.82, 2.24) is 4.76 Å². The maximum atomic E-state index is 11.9. The van der Waals surface area contributed by atoms with E-state index in [1.807, 2.05) is 0 Å². The second-order valence-electron chi connectivity index (χ2n) is 4.03. The number of nitrogens with zero attached hydrogens (tertiary/aromatic N) is 1. The number of benzene rings is 1. The zero-order chi connectivity index (χ0) is 12.1. The summed E-state index contributed by atoms with van der Waals surface area (Å²) < 4.78 is 29.7. The number of rotatable bonds is 1. The molecule has 0 aliphatic carbocycles. The molecule has 1 aromatic rings. The molecule has 1 aliphatic heterocycles. The molecule has 0 amide bonds. The predicted octanol–water partition coefficient (Wildman–Crippen LogP) is 0.557. The quantitative estimate of drug-likeness (QED) is 0.325. The average molecular weight is 244 g/mol. The zero-order valence-electron chi connectivity index (χ0n) is 8.62. The maximum Gasteiger partial charge on any atom is 0.294 e. The normalized spacial score (nSPS) is 29.1. The summed E-state index contributed by atoms with van der Waals surface area (Å²) in [7, 11) is -4.23. The Hall–Kier alpha value is -0.990. The van der Waals surface area contributed by atoms with Crippen molar-refractivity contribution in [2.45, 2.75) is 24.3 Å². The van der Waals surface area contributed by atoms with E-state index in [-0.39, 0.29) is 10.9 Å². The Morgan fingerprint density at radius 1 is 1.56 bits per heavy atom. The summed E-state index contributed by atoms with van der Waals surface area (Å²) >= 11 is 0. The second-order valence-corrected chi connectivity index (χ2v) is 5.45. The topological polar surface area (TPSA) is 103 Å². The molecule has 3 N–H and O–H groups in total. The monoisotopic (exact) mass is 244 g/mol. The molecule has 1 heterocycles. The van der Waals surface area contributed by atoms with E-state index in [0.717, 1.165) is 0 Å². The lowest BCUT2D eigenvalue weighted by atomic mass is 10.1. The Labute approximate surface area is 93.2 Å². The number of hydroxylamine groups is 1. The van der Waals surface area contributed by atoms with Crippen LogP contribution in [0.15, 0.2) is 23.1 Å². The average Bonchev–Trinajstić information content (AvgIpc) is 2.36. The SMILES string of the molecule is C[C@H]1Cc2cc(S(=O)(=O)O)ccc2[N@+]1(N)[O-]. The molecule has 0 saturated carbocycles. The number of hydrogen-bond acceptors (Lipinski definition) is 4. The van der Waals surface area contributed by atoms with Crippen molar-refractivity contribution >= 4 is 15.8 Å². The van der Waals surface area contributed by atoms with Crippen LogP contribution in [0.25, 0.3) is 0 Å². The van der Waals surface area contributed by atoms with Crippen LogP contribution in [-0.4, -0.2) is 19.0 Å². The summed E-state index contributed by atoms with van der Waals surface area (Å²) in [6.45, 7) is 1.69. The highest BCUT2D eigenvalue weighted by Gasteiger charge is 2.36. The van der Waals surface area contributed by atoms with Crippen LogP contribution in [0.4, 0.5) is 5.69 Å². The summed E-state index contributed by atoms with van der Waals surface area (Å²) in [4.78, 5) is -0.208. The van der Waals surface area contributed by atoms with Crippen molar-refractivity contribution in [3.63, 3.8) is 0 Å². The van der Waals surface area contributed by atoms with Crippen molar-refractivity contribution in [2.24, 2.45) is 5.84 Å². The molecule has 7 heteroatoms. The molecule has 1 aliphatic rings. The van der Waals surface area contributed by atoms with Crippen LogP contribution < -0.4 is 10.6 Å². The molecule has 1 aromatic carbocycles. The van der Waals surface area contributed by atoms with E-state index in [2.05, 4.69) is 0 Å². The van der Waals surface area contributed by atoms with Gasteiger partial charge in [-0.25, -0.2) is 4.76 Å². The lowest BCUT2D eigenvalue weighted by Gasteiger charge is -2.36. The van der Waals surface area contributed by atoms with Crippen LogP contribution >= 0.6 is 0 Å². The molecule has 16 heavy (non-hydrogen) atoms. The fourth-order valence-corrected chi connectivity index (χ4v) is 2.45. The van der Waals surface area contributed by atoms with Crippen LogP contribution in [0.1, 0.15) is 12.5 Å². The van der Waals surface area contributed by atoms with Crippen LogP contribution in [-0.2, 0) is 16.5 Å². The van der Waals surface area contributed by atoms with E-state index in [0.29, 0.717) is 17.7 Å². The number of hydrogen-bond donors (Lipinski definition) is 2. The lowest BCUT2D eigenvalue weighted by molar-refractivity contribution is 0.327. The highest BCUT2D eigenvalue weighted by Crippen LogP contribution is 2.36. The highest BCUT2D eigenvalue weighted by atomic mass is 32.2. The van der Waals surface area contributed by atoms with Gasteiger partial charge in [0.25, 0.3) is 10.1 Å². The van der Waals surface area contributed by atoms with Gasteiger partial charge in [0.1, 0.15) is 6.04 Å². The maximum absolute atomic E-state index is 11.9. The van der Waals surface area contributed by atoms with Gasteiger partial charge in [0, 0.05) is 18.1 Å². The van der Waals surface area contributed by atoms with Gasteiger partial charge in [-0.05, 0) is 19.1 Å². The molecule has 0 unspecified atom stereocenters. The molecule has 0 saturated heterocycles. The fourth-order valence-electron chi connectivity index (χ4n) is 1.92. The minimum absolute atomic E-state index is 0.208. The molecule has 88 valence electrons. The van der Waals surface area contributed by atoms with Gasteiger partial charge in [-0.2, -0.15) is 14.3 Å². The van der Waals surface area contributed by atoms with Crippen molar-refractivity contribution in [3.05, 3.63) is 29.0 Å². The second kappa shape index (κ2) is 3.25. The molecule has 6 nitrogen and oxygen atoms in total. The summed E-state index contributed by atoms with van der Waals surface area (Å²) in [5.41, 5.74) is 0.917. The molecule has 2 atom stereocenters. The highest BCUT2D eigenvalue weighted by molar-refractivity contribution is 7.85. The fraction of sp³-hybridized carbons (Fsp3) is 0.333. The molecule has 0 bridgehead atoms. The summed E-state index contributed by atoms with van der Waals surface area (Å²) in [6, 6.07) is 3.48. The van der Waals surface area contributed by atoms with Gasteiger partial charge < -0.3 is 5.21 Å². The van der Waals surface area contributed by atoms with Gasteiger partial charge >= 0.3 is 0 Å². The van der Waals surface area contributed by atoms with E-state index in [9.17, 15) is 13.6 Å². The molecule has 0 spiro atoms. The van der Waals surface area contributed by atoms with Crippen LogP contribution in [0.3, 0.4) is 0 Å². The summed E-state index contributed by atoms with van der Waals surface area (Å²) in [5, 5.41) is 11.9. The largest absolute Gasteiger partial charge is 0.606 e. The first-order valence-electron chi connectivity index (χ1n) is 4.72. The van der Waals surface area contributed by atoms with Gasteiger partial charge in [0.15, 0.2) is 5.69 Å². The Morgan fingerprint density at radius 2 is 2.19 bits per heavy atom. The molecule has 0 aromatic heterocycles. The Balaban J connectivity index is 2.57. The van der Waals surface area contributed by atoms with Gasteiger partial charge in [0.05, 0.1) is 4.90 Å². The summed E-state index contributed by atoms with van der Waals surface area (Å²) in [6.07, 6.45) is 0.401. The Bertz CT molecular complexity index is 538. The molecule has 2 rings (SSSR count). The predicted molar refractivity (Wildman–Crippen MR) is 58.8 cm³/mol. The minimum Gasteiger partial charge on any atom is -0.606 e. The number of nitrogens with two attached hydrogens (primary N) is 1. The minimum atomic E-state index is -4.23. The van der Waals surface area contributed by atoms with Crippen LogP contribution in [0, 0.1) is 5.21 Å². The van der Waals surface area contributed by atoms with Crippen LogP contribution in [0.2, 0.25) is 0 Å². The van der Waals surface area contributed by atoms with Gasteiger partial charge in [-0.1, -0.05) is 0 Å². The van der Waals surface area contributed by atoms with E-state index in [1.165, 1.54) is 18.2 Å². The van der Waals surface area contributed by atoms with Gasteiger partial charge in [-0.3, -0.25) is 4.55 Å². The molecule has 0 fully saturated rings. The standard InChI is InChI=1S/C9H12N2O4S/c1-6-4-7-5-8(16(13,14)15)2-3-9(7)11(6,10)12/h2-3,5-6H,4,10H2,1H3,(H,13,14,15)/t6-,11+/m0/s1. The third kappa shape index (κ3) is 1.62. The number of quaternary nitrogens is 1. The first-order chi connectivity index (χ1) is 7.23.